The van der Waals surface area contributed by atoms with Gasteiger partial charge in [-0.2, -0.15) is 0 Å². The van der Waals surface area contributed by atoms with E-state index in [1.807, 2.05) is 0 Å². The predicted molar refractivity (Wildman–Crippen MR) is 72.4 cm³/mol. The highest BCUT2D eigenvalue weighted by Crippen LogP contribution is 2.52. The van der Waals surface area contributed by atoms with Gasteiger partial charge in [-0.15, -0.1) is 0 Å². The molecule has 0 aromatic heterocycles. The molecule has 6 heteroatoms. The minimum atomic E-state index is -2.80. The second-order valence-corrected chi connectivity index (χ2v) is 9.60. The highest BCUT2D eigenvalue weighted by molar-refractivity contribution is 8.42. The van der Waals surface area contributed by atoms with Gasteiger partial charge in [-0.25, -0.2) is 13.0 Å². The van der Waals surface area contributed by atoms with E-state index in [-0.39, 0.29) is 10.00 Å². The van der Waals surface area contributed by atoms with Gasteiger partial charge in [0.1, 0.15) is 13.1 Å². The number of sulfone groups is 1. The molecule has 0 radical (unpaired) electrons. The average Bonchev–Trinajstić information content (AvgIpc) is 2.53. The Balaban J connectivity index is 2.26. The molecule has 2 aliphatic heterocycles. The number of fused-ring (bicyclic) bond motifs is 1. The lowest BCUT2D eigenvalue weighted by Crippen LogP contribution is -2.27. The third-order valence-corrected chi connectivity index (χ3v) is 8.90. The first-order chi connectivity index (χ1) is 7.40. The first kappa shape index (κ1) is 12.8. The Morgan fingerprint density at radius 1 is 1.44 bits per heavy atom. The topological polar surface area (TPSA) is 37.1 Å². The van der Waals surface area contributed by atoms with Crippen molar-refractivity contribution in [2.45, 2.75) is 30.8 Å². The molecule has 2 aliphatic rings. The molecule has 0 aromatic rings. The van der Waals surface area contributed by atoms with Crippen molar-refractivity contribution < 1.29 is 13.0 Å². The van der Waals surface area contributed by atoms with Gasteiger partial charge in [0, 0.05) is 5.25 Å². The zero-order valence-corrected chi connectivity index (χ0v) is 12.3. The van der Waals surface area contributed by atoms with Crippen LogP contribution in [0.5, 0.6) is 0 Å². The summed E-state index contributed by atoms with van der Waals surface area (Å²) in [4.78, 5) is 0. The molecule has 0 aliphatic carbocycles. The molecule has 0 N–H and O–H groups in total. The maximum absolute atomic E-state index is 11.6. The highest BCUT2D eigenvalue weighted by Gasteiger charge is 2.56. The summed E-state index contributed by atoms with van der Waals surface area (Å²) in [6, 6.07) is 0. The standard InChI is InChI=1S/C10H18NO2S3/c1-4-11(5-2)9-14-8-6-16(12,13)7-10(8,3)15-9/h8H,4-7H2,1-3H3/q+1/t8-,10+/m0/s1. The van der Waals surface area contributed by atoms with Crippen LogP contribution in [-0.2, 0) is 9.84 Å². The summed E-state index contributed by atoms with van der Waals surface area (Å²) in [5.41, 5.74) is 0. The van der Waals surface area contributed by atoms with E-state index in [0.29, 0.717) is 11.5 Å². The van der Waals surface area contributed by atoms with E-state index in [0.717, 1.165) is 13.1 Å². The van der Waals surface area contributed by atoms with E-state index in [4.69, 9.17) is 0 Å². The van der Waals surface area contributed by atoms with Gasteiger partial charge in [-0.1, -0.05) is 0 Å². The number of hydrogen-bond donors (Lipinski definition) is 0. The van der Waals surface area contributed by atoms with Crippen LogP contribution in [0.3, 0.4) is 0 Å². The molecule has 2 fully saturated rings. The van der Waals surface area contributed by atoms with Crippen LogP contribution >= 0.6 is 23.5 Å². The van der Waals surface area contributed by atoms with Crippen molar-refractivity contribution >= 4 is 37.7 Å². The van der Waals surface area contributed by atoms with Crippen LogP contribution in [0.2, 0.25) is 0 Å². The number of rotatable bonds is 2. The Morgan fingerprint density at radius 3 is 2.56 bits per heavy atom. The molecule has 0 unspecified atom stereocenters. The van der Waals surface area contributed by atoms with Crippen LogP contribution in [0.15, 0.2) is 0 Å². The van der Waals surface area contributed by atoms with Gasteiger partial charge in [0.2, 0.25) is 0 Å². The molecule has 2 saturated heterocycles. The van der Waals surface area contributed by atoms with Crippen LogP contribution in [0.25, 0.3) is 0 Å². The molecule has 2 atom stereocenters. The van der Waals surface area contributed by atoms with Gasteiger partial charge in [-0.3, -0.25) is 0 Å². The Kier molecular flexibility index (Phi) is 3.36. The fraction of sp³-hybridized carbons (Fsp3) is 0.900. The molecule has 16 heavy (non-hydrogen) atoms. The van der Waals surface area contributed by atoms with E-state index in [1.165, 1.54) is 4.38 Å². The molecule has 92 valence electrons. The Hall–Kier alpha value is 0.320. The van der Waals surface area contributed by atoms with Gasteiger partial charge >= 0.3 is 0 Å². The summed E-state index contributed by atoms with van der Waals surface area (Å²) in [5.74, 6) is 0.693. The molecular formula is C10H18NO2S3+. The first-order valence-electron chi connectivity index (χ1n) is 5.58. The van der Waals surface area contributed by atoms with Crippen molar-refractivity contribution in [3.8, 4) is 0 Å². The molecule has 3 nitrogen and oxygen atoms in total. The van der Waals surface area contributed by atoms with Gasteiger partial charge in [0.15, 0.2) is 9.84 Å². The Morgan fingerprint density at radius 2 is 2.06 bits per heavy atom. The van der Waals surface area contributed by atoms with Crippen LogP contribution < -0.4 is 0 Å². The van der Waals surface area contributed by atoms with Crippen molar-refractivity contribution in [1.82, 2.24) is 0 Å². The normalized spacial score (nSPS) is 36.4. The fourth-order valence-electron chi connectivity index (χ4n) is 2.22. The third-order valence-electron chi connectivity index (χ3n) is 3.18. The molecule has 0 amide bonds. The van der Waals surface area contributed by atoms with Crippen molar-refractivity contribution in [2.75, 3.05) is 24.6 Å². The van der Waals surface area contributed by atoms with Crippen molar-refractivity contribution in [1.29, 1.82) is 0 Å². The summed E-state index contributed by atoms with van der Waals surface area (Å²) in [5, 5.41) is 0.248. The van der Waals surface area contributed by atoms with E-state index < -0.39 is 9.84 Å². The van der Waals surface area contributed by atoms with Gasteiger partial charge in [0.25, 0.3) is 4.38 Å². The lowest BCUT2D eigenvalue weighted by molar-refractivity contribution is -0.515. The minimum Gasteiger partial charge on any atom is -0.229 e. The fourth-order valence-corrected chi connectivity index (χ4v) is 9.50. The maximum Gasteiger partial charge on any atom is 0.270 e. The molecule has 0 bridgehead atoms. The van der Waals surface area contributed by atoms with E-state index in [2.05, 4.69) is 25.3 Å². The second kappa shape index (κ2) is 4.21. The van der Waals surface area contributed by atoms with Crippen LogP contribution in [0, 0.1) is 0 Å². The SMILES string of the molecule is CC[N+](CC)=C1S[C@H]2CS(=O)(=O)C[C@@]2(C)S1. The number of thioether (sulfide) groups is 2. The minimum absolute atomic E-state index is 0.0958. The molecule has 0 spiro atoms. The van der Waals surface area contributed by atoms with Crippen LogP contribution in [0.4, 0.5) is 0 Å². The van der Waals surface area contributed by atoms with Crippen molar-refractivity contribution in [3.05, 3.63) is 0 Å². The average molecular weight is 280 g/mol. The summed E-state index contributed by atoms with van der Waals surface area (Å²) >= 11 is 3.54. The van der Waals surface area contributed by atoms with Gasteiger partial charge < -0.3 is 0 Å². The van der Waals surface area contributed by atoms with Crippen molar-refractivity contribution in [3.63, 3.8) is 0 Å². The van der Waals surface area contributed by atoms with E-state index >= 15 is 0 Å². The summed E-state index contributed by atoms with van der Waals surface area (Å²) in [7, 11) is -2.80. The quantitative estimate of drug-likeness (QED) is 0.717. The Labute approximate surface area is 106 Å². The molecular weight excluding hydrogens is 262 g/mol. The zero-order chi connectivity index (χ0) is 12.0. The maximum atomic E-state index is 11.6. The molecule has 0 aromatic carbocycles. The Bertz CT molecular complexity index is 423. The summed E-state index contributed by atoms with van der Waals surface area (Å²) in [6.07, 6.45) is 0. The summed E-state index contributed by atoms with van der Waals surface area (Å²) < 4.78 is 26.8. The van der Waals surface area contributed by atoms with Crippen molar-refractivity contribution in [2.24, 2.45) is 0 Å². The monoisotopic (exact) mass is 280 g/mol. The molecule has 0 saturated carbocycles. The van der Waals surface area contributed by atoms with Crippen LogP contribution in [-0.4, -0.2) is 52.0 Å². The highest BCUT2D eigenvalue weighted by atomic mass is 32.2. The summed E-state index contributed by atoms with van der Waals surface area (Å²) in [6.45, 7) is 8.38. The smallest absolute Gasteiger partial charge is 0.229 e. The largest absolute Gasteiger partial charge is 0.270 e. The molecule has 2 rings (SSSR count). The lowest BCUT2D eigenvalue weighted by Gasteiger charge is -2.16. The first-order valence-corrected chi connectivity index (χ1v) is 9.10. The lowest BCUT2D eigenvalue weighted by atomic mass is 10.1. The van der Waals surface area contributed by atoms with E-state index in [9.17, 15) is 8.42 Å². The zero-order valence-electron chi connectivity index (χ0n) is 9.89. The van der Waals surface area contributed by atoms with Gasteiger partial charge in [0.05, 0.1) is 16.3 Å². The number of nitrogens with zero attached hydrogens (tertiary/aromatic N) is 1. The van der Waals surface area contributed by atoms with E-state index in [1.54, 1.807) is 23.5 Å². The number of hydrogen-bond acceptors (Lipinski definition) is 4. The van der Waals surface area contributed by atoms with Crippen LogP contribution in [0.1, 0.15) is 20.8 Å². The second-order valence-electron chi connectivity index (χ2n) is 4.51. The predicted octanol–water partition coefficient (Wildman–Crippen LogP) is 1.43. The third kappa shape index (κ3) is 2.16. The van der Waals surface area contributed by atoms with Gasteiger partial charge in [-0.05, 0) is 44.3 Å². The molecule has 2 heterocycles.